The van der Waals surface area contributed by atoms with Gasteiger partial charge in [-0.2, -0.15) is 0 Å². The Morgan fingerprint density at radius 2 is 2.04 bits per heavy atom. The highest BCUT2D eigenvalue weighted by Crippen LogP contribution is 2.27. The molecule has 1 saturated heterocycles. The zero-order chi connectivity index (χ0) is 16.2. The van der Waals surface area contributed by atoms with E-state index < -0.39 is 0 Å². The Morgan fingerprint density at radius 3 is 2.78 bits per heavy atom. The van der Waals surface area contributed by atoms with Gasteiger partial charge in [-0.25, -0.2) is 4.39 Å². The van der Waals surface area contributed by atoms with E-state index in [2.05, 4.69) is 10.2 Å². The average molecular weight is 318 g/mol. The minimum absolute atomic E-state index is 0.170. The fourth-order valence-corrected chi connectivity index (χ4v) is 4.23. The van der Waals surface area contributed by atoms with Crippen LogP contribution in [0.2, 0.25) is 0 Å². The summed E-state index contributed by atoms with van der Waals surface area (Å²) in [6.45, 7) is 2.14. The number of hydrogen-bond donors (Lipinski definition) is 1. The highest BCUT2D eigenvalue weighted by molar-refractivity contribution is 5.80. The van der Waals surface area contributed by atoms with Crippen LogP contribution in [0.4, 0.5) is 4.39 Å². The Kier molecular flexibility index (Phi) is 5.44. The van der Waals surface area contributed by atoms with Gasteiger partial charge < -0.3 is 5.32 Å². The van der Waals surface area contributed by atoms with Crippen LogP contribution >= 0.6 is 0 Å². The normalized spacial score (nSPS) is 29.7. The van der Waals surface area contributed by atoms with E-state index in [9.17, 15) is 9.18 Å². The summed E-state index contributed by atoms with van der Waals surface area (Å²) in [5.41, 5.74) is 1.21. The number of piperidine rings is 1. The molecule has 3 atom stereocenters. The second-order valence-electron chi connectivity index (χ2n) is 7.08. The second-order valence-corrected chi connectivity index (χ2v) is 7.08. The number of Topliss-reactive ketones (excluding diaryl/α,β-unsaturated/α-hetero) is 1. The lowest BCUT2D eigenvalue weighted by Gasteiger charge is -2.43. The Labute approximate surface area is 138 Å². The van der Waals surface area contributed by atoms with Crippen LogP contribution in [0.5, 0.6) is 0 Å². The first kappa shape index (κ1) is 16.6. The number of carbonyl (C=O) groups excluding carboxylic acids is 1. The number of rotatable bonds is 4. The van der Waals surface area contributed by atoms with Gasteiger partial charge in [0.1, 0.15) is 11.6 Å². The molecule has 1 N–H and O–H groups in total. The van der Waals surface area contributed by atoms with Gasteiger partial charge in [0, 0.05) is 31.5 Å². The number of carbonyl (C=O) groups is 1. The number of nitrogens with zero attached hydrogens (tertiary/aromatic N) is 1. The summed E-state index contributed by atoms with van der Waals surface area (Å²) in [6, 6.07) is 7.66. The van der Waals surface area contributed by atoms with E-state index in [1.54, 1.807) is 12.1 Å². The summed E-state index contributed by atoms with van der Waals surface area (Å²) in [5, 5.41) is 3.41. The molecule has 0 spiro atoms. The van der Waals surface area contributed by atoms with E-state index in [4.69, 9.17) is 0 Å². The largest absolute Gasteiger partial charge is 0.315 e. The SMILES string of the molecule is CN[C@@H]1CCC(=O)C[C@H]1N1CCC[C@@H](Cc2ccc(F)cc2)C1. The van der Waals surface area contributed by atoms with E-state index >= 15 is 0 Å². The summed E-state index contributed by atoms with van der Waals surface area (Å²) in [7, 11) is 2.01. The van der Waals surface area contributed by atoms with Crippen molar-refractivity contribution >= 4 is 5.78 Å². The number of benzene rings is 1. The highest BCUT2D eigenvalue weighted by Gasteiger charge is 2.35. The lowest BCUT2D eigenvalue weighted by Crippen LogP contribution is -2.55. The van der Waals surface area contributed by atoms with Crippen LogP contribution in [-0.4, -0.2) is 42.9 Å². The molecule has 0 radical (unpaired) electrons. The van der Waals surface area contributed by atoms with Crippen molar-refractivity contribution in [2.24, 2.45) is 5.92 Å². The van der Waals surface area contributed by atoms with Crippen molar-refractivity contribution in [1.29, 1.82) is 0 Å². The molecule has 1 aromatic rings. The molecule has 0 amide bonds. The number of halogens is 1. The molecule has 23 heavy (non-hydrogen) atoms. The molecule has 4 heteroatoms. The third-order valence-electron chi connectivity index (χ3n) is 5.46. The zero-order valence-corrected chi connectivity index (χ0v) is 13.9. The standard InChI is InChI=1S/C19H27FN2O/c1-21-18-9-8-17(23)12-19(18)22-10-2-3-15(13-22)11-14-4-6-16(20)7-5-14/h4-7,15,18-19,21H,2-3,8-13H2,1H3/t15-,18+,19+/m0/s1. The van der Waals surface area contributed by atoms with Gasteiger partial charge in [0.15, 0.2) is 0 Å². The smallest absolute Gasteiger partial charge is 0.134 e. The monoisotopic (exact) mass is 318 g/mol. The van der Waals surface area contributed by atoms with E-state index in [0.29, 0.717) is 30.2 Å². The van der Waals surface area contributed by atoms with Gasteiger partial charge in [0.25, 0.3) is 0 Å². The Bertz CT molecular complexity index is 531. The summed E-state index contributed by atoms with van der Waals surface area (Å²) in [6.07, 6.45) is 5.77. The van der Waals surface area contributed by atoms with Crippen LogP contribution in [-0.2, 0) is 11.2 Å². The van der Waals surface area contributed by atoms with Gasteiger partial charge in [-0.15, -0.1) is 0 Å². The molecule has 3 rings (SSSR count). The molecule has 1 aromatic carbocycles. The number of ketones is 1. The predicted octanol–water partition coefficient (Wildman–Crippen LogP) is 2.79. The molecule has 0 unspecified atom stereocenters. The number of nitrogens with one attached hydrogen (secondary N) is 1. The van der Waals surface area contributed by atoms with Crippen LogP contribution < -0.4 is 5.32 Å². The predicted molar refractivity (Wildman–Crippen MR) is 89.9 cm³/mol. The molecule has 1 heterocycles. The average Bonchev–Trinajstić information content (AvgIpc) is 2.57. The fourth-order valence-electron chi connectivity index (χ4n) is 4.23. The van der Waals surface area contributed by atoms with Crippen molar-refractivity contribution in [2.45, 2.75) is 50.6 Å². The minimum atomic E-state index is -0.170. The van der Waals surface area contributed by atoms with Crippen molar-refractivity contribution in [3.8, 4) is 0 Å². The third-order valence-corrected chi connectivity index (χ3v) is 5.46. The maximum atomic E-state index is 13.0. The summed E-state index contributed by atoms with van der Waals surface area (Å²) < 4.78 is 13.0. The first-order chi connectivity index (χ1) is 11.2. The quantitative estimate of drug-likeness (QED) is 0.926. The van der Waals surface area contributed by atoms with Crippen molar-refractivity contribution < 1.29 is 9.18 Å². The van der Waals surface area contributed by atoms with Crippen molar-refractivity contribution in [3.63, 3.8) is 0 Å². The lowest BCUT2D eigenvalue weighted by atomic mass is 9.84. The van der Waals surface area contributed by atoms with Gasteiger partial charge >= 0.3 is 0 Å². The van der Waals surface area contributed by atoms with Crippen molar-refractivity contribution in [1.82, 2.24) is 10.2 Å². The Morgan fingerprint density at radius 1 is 1.26 bits per heavy atom. The molecule has 1 aliphatic carbocycles. The van der Waals surface area contributed by atoms with Gasteiger partial charge in [-0.05, 0) is 62.9 Å². The molecule has 3 nitrogen and oxygen atoms in total. The number of likely N-dealkylation sites (tertiary alicyclic amines) is 1. The zero-order valence-electron chi connectivity index (χ0n) is 13.9. The van der Waals surface area contributed by atoms with E-state index in [0.717, 1.165) is 32.4 Å². The second kappa shape index (κ2) is 7.54. The lowest BCUT2D eigenvalue weighted by molar-refractivity contribution is -0.123. The maximum absolute atomic E-state index is 13.0. The fraction of sp³-hybridized carbons (Fsp3) is 0.632. The summed E-state index contributed by atoms with van der Waals surface area (Å²) >= 11 is 0. The van der Waals surface area contributed by atoms with Crippen LogP contribution in [0.1, 0.15) is 37.7 Å². The van der Waals surface area contributed by atoms with Crippen LogP contribution in [0.3, 0.4) is 0 Å². The van der Waals surface area contributed by atoms with E-state index in [1.807, 2.05) is 19.2 Å². The summed E-state index contributed by atoms with van der Waals surface area (Å²) in [5.74, 6) is 0.836. The molecule has 0 aromatic heterocycles. The molecule has 0 bridgehead atoms. The van der Waals surface area contributed by atoms with E-state index in [1.165, 1.54) is 18.4 Å². The first-order valence-corrected chi connectivity index (χ1v) is 8.83. The van der Waals surface area contributed by atoms with E-state index in [-0.39, 0.29) is 5.82 Å². The molecule has 2 fully saturated rings. The molecule has 1 saturated carbocycles. The van der Waals surface area contributed by atoms with Gasteiger partial charge in [0.05, 0.1) is 0 Å². The first-order valence-electron chi connectivity index (χ1n) is 8.83. The molecule has 1 aliphatic heterocycles. The van der Waals surface area contributed by atoms with Crippen LogP contribution in [0.25, 0.3) is 0 Å². The molecule has 2 aliphatic rings. The molecular formula is C19H27FN2O. The topological polar surface area (TPSA) is 32.3 Å². The molecule has 126 valence electrons. The van der Waals surface area contributed by atoms with Crippen molar-refractivity contribution in [3.05, 3.63) is 35.6 Å². The Balaban J connectivity index is 1.62. The molecular weight excluding hydrogens is 291 g/mol. The van der Waals surface area contributed by atoms with Gasteiger partial charge in [-0.3, -0.25) is 9.69 Å². The van der Waals surface area contributed by atoms with Crippen LogP contribution in [0.15, 0.2) is 24.3 Å². The highest BCUT2D eigenvalue weighted by atomic mass is 19.1. The summed E-state index contributed by atoms with van der Waals surface area (Å²) in [4.78, 5) is 14.4. The Hall–Kier alpha value is -1.26. The minimum Gasteiger partial charge on any atom is -0.315 e. The van der Waals surface area contributed by atoms with Crippen molar-refractivity contribution in [2.75, 3.05) is 20.1 Å². The number of hydrogen-bond acceptors (Lipinski definition) is 3. The maximum Gasteiger partial charge on any atom is 0.134 e. The third kappa shape index (κ3) is 4.18. The van der Waals surface area contributed by atoms with Gasteiger partial charge in [0.2, 0.25) is 0 Å². The number of likely N-dealkylation sites (N-methyl/N-ethyl adjacent to an activating group) is 1. The van der Waals surface area contributed by atoms with Crippen LogP contribution in [0, 0.1) is 11.7 Å². The van der Waals surface area contributed by atoms with Gasteiger partial charge in [-0.1, -0.05) is 12.1 Å².